The highest BCUT2D eigenvalue weighted by molar-refractivity contribution is 6.31. The van der Waals surface area contributed by atoms with Gasteiger partial charge >= 0.3 is 5.97 Å². The number of esters is 1. The molecule has 1 heterocycles. The summed E-state index contributed by atoms with van der Waals surface area (Å²) in [5.41, 5.74) is 5.78. The first kappa shape index (κ1) is 15.0. The van der Waals surface area contributed by atoms with Gasteiger partial charge in [0.15, 0.2) is 0 Å². The highest BCUT2D eigenvalue weighted by Gasteiger charge is 2.29. The molecule has 5 nitrogen and oxygen atoms in total. The summed E-state index contributed by atoms with van der Waals surface area (Å²) in [5, 5.41) is 4.89. The Labute approximate surface area is 112 Å². The van der Waals surface area contributed by atoms with Crippen molar-refractivity contribution in [2.75, 3.05) is 6.61 Å². The lowest BCUT2D eigenvalue weighted by atomic mass is 9.97. The Morgan fingerprint density at radius 1 is 1.67 bits per heavy atom. The van der Waals surface area contributed by atoms with Crippen LogP contribution < -0.4 is 5.73 Å². The molecule has 0 aliphatic carbocycles. The number of ether oxygens (including phenoxy) is 1. The van der Waals surface area contributed by atoms with Gasteiger partial charge in [0.2, 0.25) is 0 Å². The van der Waals surface area contributed by atoms with E-state index in [1.807, 2.05) is 6.92 Å². The molecule has 0 aromatic carbocycles. The third kappa shape index (κ3) is 3.99. The molecule has 1 unspecified atom stereocenters. The summed E-state index contributed by atoms with van der Waals surface area (Å²) < 4.78 is 6.69. The van der Waals surface area contributed by atoms with E-state index in [9.17, 15) is 4.79 Å². The van der Waals surface area contributed by atoms with Crippen molar-refractivity contribution in [1.29, 1.82) is 0 Å². The number of nitrogens with zero attached hydrogens (tertiary/aromatic N) is 2. The van der Waals surface area contributed by atoms with E-state index in [2.05, 4.69) is 5.10 Å². The number of rotatable bonds is 6. The SMILES string of the molecule is CCOC(=O)C(C)(N)CCCn1cc(Cl)c(C)n1. The van der Waals surface area contributed by atoms with Crippen molar-refractivity contribution in [2.45, 2.75) is 45.7 Å². The van der Waals surface area contributed by atoms with Crippen LogP contribution in [-0.2, 0) is 16.1 Å². The minimum absolute atomic E-state index is 0.347. The second kappa shape index (κ2) is 6.20. The maximum atomic E-state index is 11.6. The van der Waals surface area contributed by atoms with Crippen LogP contribution in [0.4, 0.5) is 0 Å². The van der Waals surface area contributed by atoms with Gasteiger partial charge in [0.1, 0.15) is 5.54 Å². The van der Waals surface area contributed by atoms with Crippen LogP contribution in [0.1, 0.15) is 32.4 Å². The zero-order valence-corrected chi connectivity index (χ0v) is 11.8. The van der Waals surface area contributed by atoms with E-state index in [4.69, 9.17) is 22.1 Å². The lowest BCUT2D eigenvalue weighted by molar-refractivity contribution is -0.149. The van der Waals surface area contributed by atoms with Crippen LogP contribution in [0.25, 0.3) is 0 Å². The van der Waals surface area contributed by atoms with Gasteiger partial charge in [-0.05, 0) is 33.6 Å². The molecule has 0 radical (unpaired) electrons. The molecule has 2 N–H and O–H groups in total. The second-order valence-electron chi connectivity index (χ2n) is 4.57. The highest BCUT2D eigenvalue weighted by Crippen LogP contribution is 2.15. The van der Waals surface area contributed by atoms with E-state index in [0.717, 1.165) is 12.1 Å². The lowest BCUT2D eigenvalue weighted by Gasteiger charge is -2.21. The molecule has 0 aliphatic rings. The summed E-state index contributed by atoms with van der Waals surface area (Å²) in [6, 6.07) is 0. The predicted molar refractivity (Wildman–Crippen MR) is 70.4 cm³/mol. The molecule has 0 fully saturated rings. The van der Waals surface area contributed by atoms with Crippen LogP contribution >= 0.6 is 11.6 Å². The maximum absolute atomic E-state index is 11.6. The van der Waals surface area contributed by atoms with Crippen molar-refractivity contribution in [3.63, 3.8) is 0 Å². The number of aryl methyl sites for hydroxylation is 2. The van der Waals surface area contributed by atoms with E-state index in [1.54, 1.807) is 24.7 Å². The average molecular weight is 274 g/mol. The van der Waals surface area contributed by atoms with Crippen LogP contribution in [0.15, 0.2) is 6.20 Å². The fourth-order valence-electron chi connectivity index (χ4n) is 1.61. The van der Waals surface area contributed by atoms with Crippen molar-refractivity contribution < 1.29 is 9.53 Å². The summed E-state index contributed by atoms with van der Waals surface area (Å²) in [5.74, 6) is -0.361. The molecule has 6 heteroatoms. The Morgan fingerprint density at radius 2 is 2.33 bits per heavy atom. The normalized spacial score (nSPS) is 14.3. The van der Waals surface area contributed by atoms with Gasteiger partial charge in [0, 0.05) is 12.7 Å². The zero-order valence-electron chi connectivity index (χ0n) is 11.1. The van der Waals surface area contributed by atoms with Crippen LogP contribution in [0.3, 0.4) is 0 Å². The molecular formula is C12H20ClN3O2. The Bertz CT molecular complexity index is 396. The van der Waals surface area contributed by atoms with Crippen molar-refractivity contribution in [3.05, 3.63) is 16.9 Å². The molecule has 1 aromatic rings. The van der Waals surface area contributed by atoms with Gasteiger partial charge in [-0.3, -0.25) is 9.48 Å². The predicted octanol–water partition coefficient (Wildman–Crippen LogP) is 1.91. The van der Waals surface area contributed by atoms with Crippen molar-refractivity contribution in [1.82, 2.24) is 9.78 Å². The van der Waals surface area contributed by atoms with E-state index in [1.165, 1.54) is 0 Å². The van der Waals surface area contributed by atoms with Crippen molar-refractivity contribution >= 4 is 17.6 Å². The third-order valence-corrected chi connectivity index (χ3v) is 3.08. The van der Waals surface area contributed by atoms with Gasteiger partial charge < -0.3 is 10.5 Å². The first-order valence-corrected chi connectivity index (χ1v) is 6.40. The summed E-state index contributed by atoms with van der Waals surface area (Å²) in [7, 11) is 0. The molecule has 0 saturated carbocycles. The quantitative estimate of drug-likeness (QED) is 0.804. The summed E-state index contributed by atoms with van der Waals surface area (Å²) in [4.78, 5) is 11.6. The average Bonchev–Trinajstić information content (AvgIpc) is 2.58. The Hall–Kier alpha value is -1.07. The van der Waals surface area contributed by atoms with Crippen LogP contribution in [-0.4, -0.2) is 27.9 Å². The molecule has 0 spiro atoms. The summed E-state index contributed by atoms with van der Waals surface area (Å²) in [6.07, 6.45) is 3.06. The van der Waals surface area contributed by atoms with Gasteiger partial charge in [-0.25, -0.2) is 0 Å². The number of hydrogen-bond donors (Lipinski definition) is 1. The minimum atomic E-state index is -0.942. The fourth-order valence-corrected chi connectivity index (χ4v) is 1.76. The second-order valence-corrected chi connectivity index (χ2v) is 4.97. The van der Waals surface area contributed by atoms with Gasteiger partial charge in [0.05, 0.1) is 17.3 Å². The van der Waals surface area contributed by atoms with E-state index in [0.29, 0.717) is 24.6 Å². The molecule has 0 saturated heterocycles. The Morgan fingerprint density at radius 3 is 2.83 bits per heavy atom. The number of aromatic nitrogens is 2. The van der Waals surface area contributed by atoms with Gasteiger partial charge in [-0.15, -0.1) is 0 Å². The molecule has 1 rings (SSSR count). The number of hydrogen-bond acceptors (Lipinski definition) is 4. The maximum Gasteiger partial charge on any atom is 0.325 e. The zero-order chi connectivity index (χ0) is 13.8. The molecule has 0 bridgehead atoms. The monoisotopic (exact) mass is 273 g/mol. The van der Waals surface area contributed by atoms with Gasteiger partial charge in [-0.1, -0.05) is 11.6 Å². The molecule has 1 atom stereocenters. The van der Waals surface area contributed by atoms with E-state index in [-0.39, 0.29) is 5.97 Å². The molecule has 0 aliphatic heterocycles. The van der Waals surface area contributed by atoms with Crippen LogP contribution in [0, 0.1) is 6.92 Å². The Kier molecular flexibility index (Phi) is 5.16. The number of carbonyl (C=O) groups is 1. The molecule has 0 amide bonds. The molecular weight excluding hydrogens is 254 g/mol. The Balaban J connectivity index is 2.43. The van der Waals surface area contributed by atoms with Crippen molar-refractivity contribution in [3.8, 4) is 0 Å². The molecule has 18 heavy (non-hydrogen) atoms. The van der Waals surface area contributed by atoms with Gasteiger partial charge in [-0.2, -0.15) is 5.10 Å². The van der Waals surface area contributed by atoms with Crippen LogP contribution in [0.5, 0.6) is 0 Å². The molecule has 102 valence electrons. The lowest BCUT2D eigenvalue weighted by Crippen LogP contribution is -2.46. The standard InChI is InChI=1S/C12H20ClN3O2/c1-4-18-11(17)12(3,14)6-5-7-16-8-10(13)9(2)15-16/h8H,4-7,14H2,1-3H3. The first-order valence-electron chi connectivity index (χ1n) is 6.02. The minimum Gasteiger partial charge on any atom is -0.465 e. The van der Waals surface area contributed by atoms with Crippen LogP contribution in [0.2, 0.25) is 5.02 Å². The highest BCUT2D eigenvalue weighted by atomic mass is 35.5. The number of carbonyl (C=O) groups excluding carboxylic acids is 1. The van der Waals surface area contributed by atoms with E-state index >= 15 is 0 Å². The van der Waals surface area contributed by atoms with Crippen molar-refractivity contribution in [2.24, 2.45) is 5.73 Å². The van der Waals surface area contributed by atoms with Gasteiger partial charge in [0.25, 0.3) is 0 Å². The topological polar surface area (TPSA) is 70.1 Å². The fraction of sp³-hybridized carbons (Fsp3) is 0.667. The largest absolute Gasteiger partial charge is 0.465 e. The van der Waals surface area contributed by atoms with E-state index < -0.39 is 5.54 Å². The third-order valence-electron chi connectivity index (χ3n) is 2.71. The number of nitrogens with two attached hydrogens (primary N) is 1. The summed E-state index contributed by atoms with van der Waals surface area (Å²) in [6.45, 7) is 6.33. The summed E-state index contributed by atoms with van der Waals surface area (Å²) >= 11 is 5.91. The molecule has 1 aromatic heterocycles. The number of halogens is 1. The first-order chi connectivity index (χ1) is 8.36. The smallest absolute Gasteiger partial charge is 0.325 e.